The Morgan fingerprint density at radius 2 is 1.67 bits per heavy atom. The number of nitrogens with one attached hydrogen (secondary N) is 1. The Morgan fingerprint density at radius 1 is 1.13 bits per heavy atom. The van der Waals surface area contributed by atoms with Gasteiger partial charge in [0.25, 0.3) is 0 Å². The summed E-state index contributed by atoms with van der Waals surface area (Å²) in [5, 5.41) is 0. The van der Waals surface area contributed by atoms with Crippen molar-refractivity contribution in [1.29, 1.82) is 0 Å². The SMILES string of the molecule is CN(C)CCC(F)(F)CCC(C)(C)NCl. The molecule has 92 valence electrons. The van der Waals surface area contributed by atoms with E-state index < -0.39 is 11.5 Å². The maximum Gasteiger partial charge on any atom is 0.249 e. The molecule has 0 aromatic heterocycles. The van der Waals surface area contributed by atoms with E-state index in [0.717, 1.165) is 0 Å². The first-order valence-corrected chi connectivity index (χ1v) is 5.47. The van der Waals surface area contributed by atoms with Crippen LogP contribution in [0, 0.1) is 0 Å². The number of nitrogens with zero attached hydrogens (tertiary/aromatic N) is 1. The molecule has 0 aliphatic carbocycles. The molecule has 2 nitrogen and oxygen atoms in total. The van der Waals surface area contributed by atoms with E-state index in [-0.39, 0.29) is 12.8 Å². The van der Waals surface area contributed by atoms with Gasteiger partial charge in [-0.05, 0) is 46.1 Å². The summed E-state index contributed by atoms with van der Waals surface area (Å²) in [5.74, 6) is -2.60. The summed E-state index contributed by atoms with van der Waals surface area (Å²) in [5.41, 5.74) is -0.441. The van der Waals surface area contributed by atoms with Crippen molar-refractivity contribution in [2.45, 2.75) is 44.6 Å². The van der Waals surface area contributed by atoms with Gasteiger partial charge in [-0.15, -0.1) is 0 Å². The molecule has 0 rings (SSSR count). The number of hydrogen-bond acceptors (Lipinski definition) is 2. The number of alkyl halides is 2. The second-order valence-electron chi connectivity index (χ2n) is 4.89. The van der Waals surface area contributed by atoms with Crippen molar-refractivity contribution in [3.8, 4) is 0 Å². The number of hydrogen-bond donors (Lipinski definition) is 1. The van der Waals surface area contributed by atoms with Crippen molar-refractivity contribution in [2.24, 2.45) is 0 Å². The zero-order chi connectivity index (χ0) is 12.1. The standard InChI is InChI=1S/C10H21ClF2N2/c1-9(2,14-11)5-6-10(12,13)7-8-15(3)4/h14H,5-8H2,1-4H3. The molecule has 0 fully saturated rings. The van der Waals surface area contributed by atoms with E-state index in [1.807, 2.05) is 13.8 Å². The summed E-state index contributed by atoms with van der Waals surface area (Å²) in [7, 11) is 3.58. The van der Waals surface area contributed by atoms with Crippen molar-refractivity contribution < 1.29 is 8.78 Å². The lowest BCUT2D eigenvalue weighted by molar-refractivity contribution is -0.0271. The lowest BCUT2D eigenvalue weighted by atomic mass is 9.96. The van der Waals surface area contributed by atoms with Gasteiger partial charge in [0, 0.05) is 24.9 Å². The molecule has 0 aromatic carbocycles. The summed E-state index contributed by atoms with van der Waals surface area (Å²) in [4.78, 5) is 4.27. The average Bonchev–Trinajstić information content (AvgIpc) is 2.13. The topological polar surface area (TPSA) is 15.3 Å². The quantitative estimate of drug-likeness (QED) is 0.691. The van der Waals surface area contributed by atoms with Crippen molar-refractivity contribution >= 4 is 11.8 Å². The highest BCUT2D eigenvalue weighted by Gasteiger charge is 2.31. The van der Waals surface area contributed by atoms with Gasteiger partial charge in [-0.2, -0.15) is 0 Å². The normalized spacial score (nSPS) is 13.6. The fourth-order valence-corrected chi connectivity index (χ4v) is 1.15. The van der Waals surface area contributed by atoms with Gasteiger partial charge < -0.3 is 4.90 Å². The Kier molecular flexibility index (Phi) is 5.99. The van der Waals surface area contributed by atoms with Crippen molar-refractivity contribution in [3.05, 3.63) is 0 Å². The van der Waals surface area contributed by atoms with Crippen molar-refractivity contribution in [3.63, 3.8) is 0 Å². The van der Waals surface area contributed by atoms with Gasteiger partial charge in [-0.1, -0.05) is 0 Å². The highest BCUT2D eigenvalue weighted by molar-refractivity contribution is 6.13. The summed E-state index contributed by atoms with van der Waals surface area (Å²) < 4.78 is 26.7. The summed E-state index contributed by atoms with van der Waals surface area (Å²) in [6, 6.07) is 0. The Morgan fingerprint density at radius 3 is 2.07 bits per heavy atom. The molecule has 0 unspecified atom stereocenters. The first kappa shape index (κ1) is 15.1. The van der Waals surface area contributed by atoms with E-state index in [1.54, 1.807) is 19.0 Å². The van der Waals surface area contributed by atoms with E-state index in [4.69, 9.17) is 11.8 Å². The van der Waals surface area contributed by atoms with Crippen LogP contribution in [-0.4, -0.2) is 37.0 Å². The first-order chi connectivity index (χ1) is 6.68. The van der Waals surface area contributed by atoms with Gasteiger partial charge in [0.15, 0.2) is 0 Å². The molecule has 0 radical (unpaired) electrons. The maximum atomic E-state index is 13.4. The third-order valence-corrected chi connectivity index (χ3v) is 2.81. The minimum absolute atomic E-state index is 0.0988. The van der Waals surface area contributed by atoms with Crippen LogP contribution < -0.4 is 4.84 Å². The molecular formula is C10H21ClF2N2. The van der Waals surface area contributed by atoms with Gasteiger partial charge in [-0.25, -0.2) is 13.6 Å². The molecule has 0 saturated carbocycles. The minimum Gasteiger partial charge on any atom is -0.309 e. The maximum absolute atomic E-state index is 13.4. The first-order valence-electron chi connectivity index (χ1n) is 5.09. The molecule has 15 heavy (non-hydrogen) atoms. The molecule has 0 aromatic rings. The van der Waals surface area contributed by atoms with Crippen LogP contribution in [0.5, 0.6) is 0 Å². The van der Waals surface area contributed by atoms with Crippen LogP contribution in [0.3, 0.4) is 0 Å². The smallest absolute Gasteiger partial charge is 0.249 e. The molecule has 0 atom stereocenters. The van der Waals surface area contributed by atoms with E-state index in [0.29, 0.717) is 13.0 Å². The Bertz CT molecular complexity index is 184. The third-order valence-electron chi connectivity index (χ3n) is 2.30. The van der Waals surface area contributed by atoms with Gasteiger partial charge in [0.2, 0.25) is 5.92 Å². The zero-order valence-electron chi connectivity index (χ0n) is 9.91. The van der Waals surface area contributed by atoms with E-state index in [9.17, 15) is 8.78 Å². The van der Waals surface area contributed by atoms with Gasteiger partial charge in [0.05, 0.1) is 0 Å². The molecule has 0 bridgehead atoms. The van der Waals surface area contributed by atoms with E-state index >= 15 is 0 Å². The van der Waals surface area contributed by atoms with E-state index in [1.165, 1.54) is 0 Å². The summed E-state index contributed by atoms with van der Waals surface area (Å²) in [6.07, 6.45) is 0.128. The van der Waals surface area contributed by atoms with Crippen LogP contribution in [0.15, 0.2) is 0 Å². The van der Waals surface area contributed by atoms with Crippen LogP contribution in [0.25, 0.3) is 0 Å². The molecule has 0 amide bonds. The lowest BCUT2D eigenvalue weighted by Gasteiger charge is -2.26. The van der Waals surface area contributed by atoms with Gasteiger partial charge in [0.1, 0.15) is 0 Å². The largest absolute Gasteiger partial charge is 0.309 e. The van der Waals surface area contributed by atoms with Crippen LogP contribution in [0.1, 0.15) is 33.1 Å². The molecule has 0 aliphatic rings. The molecule has 0 heterocycles. The molecule has 1 N–H and O–H groups in total. The van der Waals surface area contributed by atoms with Crippen LogP contribution in [-0.2, 0) is 0 Å². The molecule has 5 heteroatoms. The number of halogens is 3. The lowest BCUT2D eigenvalue weighted by Crippen LogP contribution is -2.35. The summed E-state index contributed by atoms with van der Waals surface area (Å²) >= 11 is 5.45. The van der Waals surface area contributed by atoms with Crippen molar-refractivity contribution in [2.75, 3.05) is 20.6 Å². The van der Waals surface area contributed by atoms with Gasteiger partial charge >= 0.3 is 0 Å². The molecule has 0 spiro atoms. The highest BCUT2D eigenvalue weighted by atomic mass is 35.5. The Balaban J connectivity index is 3.93. The van der Waals surface area contributed by atoms with E-state index in [2.05, 4.69) is 4.84 Å². The monoisotopic (exact) mass is 242 g/mol. The van der Waals surface area contributed by atoms with Gasteiger partial charge in [-0.3, -0.25) is 0 Å². The third kappa shape index (κ3) is 7.94. The second-order valence-corrected chi connectivity index (χ2v) is 5.08. The average molecular weight is 243 g/mol. The fourth-order valence-electron chi connectivity index (χ4n) is 1.05. The Hall–Kier alpha value is 0.0700. The molecular weight excluding hydrogens is 222 g/mol. The summed E-state index contributed by atoms with van der Waals surface area (Å²) in [6.45, 7) is 4.02. The molecule has 0 aliphatic heterocycles. The highest BCUT2D eigenvalue weighted by Crippen LogP contribution is 2.28. The second kappa shape index (κ2) is 5.97. The molecule has 0 saturated heterocycles. The number of rotatable bonds is 7. The van der Waals surface area contributed by atoms with Crippen LogP contribution >= 0.6 is 11.8 Å². The van der Waals surface area contributed by atoms with Crippen LogP contribution in [0.2, 0.25) is 0 Å². The minimum atomic E-state index is -2.60. The predicted molar refractivity (Wildman–Crippen MR) is 60.4 cm³/mol. The fraction of sp³-hybridized carbons (Fsp3) is 1.00. The van der Waals surface area contributed by atoms with Crippen molar-refractivity contribution in [1.82, 2.24) is 9.74 Å². The Labute approximate surface area is 96.1 Å². The predicted octanol–water partition coefficient (Wildman–Crippen LogP) is 2.88. The zero-order valence-corrected chi connectivity index (χ0v) is 10.7. The van der Waals surface area contributed by atoms with Crippen LogP contribution in [0.4, 0.5) is 8.78 Å².